The highest BCUT2D eigenvalue weighted by Gasteiger charge is 2.41. The lowest BCUT2D eigenvalue weighted by Crippen LogP contribution is -2.46. The quantitative estimate of drug-likeness (QED) is 0.526. The summed E-state index contributed by atoms with van der Waals surface area (Å²) in [5, 5.41) is 20.3. The predicted octanol–water partition coefficient (Wildman–Crippen LogP) is 4.51. The molecule has 1 N–H and O–H groups in total. The highest BCUT2D eigenvalue weighted by Crippen LogP contribution is 2.37. The summed E-state index contributed by atoms with van der Waals surface area (Å²) >= 11 is 0. The minimum absolute atomic E-state index is 0.0131. The van der Waals surface area contributed by atoms with Crippen molar-refractivity contribution in [2.45, 2.75) is 38.2 Å². The van der Waals surface area contributed by atoms with Gasteiger partial charge < -0.3 is 14.6 Å². The molecule has 0 radical (unpaired) electrons. The van der Waals surface area contributed by atoms with Gasteiger partial charge >= 0.3 is 0 Å². The van der Waals surface area contributed by atoms with Gasteiger partial charge in [-0.15, -0.1) is 0 Å². The van der Waals surface area contributed by atoms with Gasteiger partial charge in [0.25, 0.3) is 0 Å². The number of ether oxygens (including phenoxy) is 2. The molecule has 3 aromatic rings. The van der Waals surface area contributed by atoms with E-state index in [2.05, 4.69) is 11.1 Å². The molecular weight excluding hydrogens is 428 g/mol. The van der Waals surface area contributed by atoms with E-state index in [1.165, 1.54) is 7.11 Å². The number of carbonyl (C=O) groups is 1. The van der Waals surface area contributed by atoms with Crippen molar-refractivity contribution in [1.29, 1.82) is 5.26 Å². The first-order valence-electron chi connectivity index (χ1n) is 11.2. The van der Waals surface area contributed by atoms with Crippen molar-refractivity contribution in [3.8, 4) is 23.1 Å². The van der Waals surface area contributed by atoms with E-state index in [9.17, 15) is 15.2 Å². The first kappa shape index (κ1) is 23.6. The Balaban J connectivity index is 1.65. The average Bonchev–Trinajstić information content (AvgIpc) is 2.82. The molecule has 2 aromatic carbocycles. The first-order valence-corrected chi connectivity index (χ1v) is 11.2. The summed E-state index contributed by atoms with van der Waals surface area (Å²) in [6.45, 7) is 6.08. The molecule has 6 nitrogen and oxygen atoms in total. The summed E-state index contributed by atoms with van der Waals surface area (Å²) in [5.74, 6) is 0.348. The second kappa shape index (κ2) is 9.02. The fourth-order valence-corrected chi connectivity index (χ4v) is 4.07. The lowest BCUT2D eigenvalue weighted by Gasteiger charge is -2.37. The Morgan fingerprint density at radius 3 is 2.65 bits per heavy atom. The summed E-state index contributed by atoms with van der Waals surface area (Å²) in [6.07, 6.45) is 1.93. The van der Waals surface area contributed by atoms with Gasteiger partial charge in [-0.25, -0.2) is 4.98 Å². The van der Waals surface area contributed by atoms with Gasteiger partial charge in [-0.3, -0.25) is 4.79 Å². The van der Waals surface area contributed by atoms with Gasteiger partial charge in [0.05, 0.1) is 37.4 Å². The van der Waals surface area contributed by atoms with E-state index in [1.807, 2.05) is 69.3 Å². The summed E-state index contributed by atoms with van der Waals surface area (Å²) in [5.41, 5.74) is 3.83. The van der Waals surface area contributed by atoms with Gasteiger partial charge in [0.2, 0.25) is 5.88 Å². The average molecular weight is 457 g/mol. The smallest absolute Gasteiger partial charge is 0.219 e. The number of aromatic nitrogens is 1. The maximum Gasteiger partial charge on any atom is 0.219 e. The van der Waals surface area contributed by atoms with Gasteiger partial charge in [-0.1, -0.05) is 36.4 Å². The van der Waals surface area contributed by atoms with Crippen molar-refractivity contribution < 1.29 is 19.4 Å². The molecule has 0 amide bonds. The van der Waals surface area contributed by atoms with Crippen molar-refractivity contribution in [3.63, 3.8) is 0 Å². The molecule has 174 valence electrons. The molecule has 0 spiro atoms. The Hall–Kier alpha value is -3.53. The van der Waals surface area contributed by atoms with E-state index in [0.717, 1.165) is 27.8 Å². The van der Waals surface area contributed by atoms with Crippen LogP contribution in [-0.4, -0.2) is 36.2 Å². The Kier molecular flexibility index (Phi) is 6.26. The molecule has 0 aliphatic carbocycles. The molecule has 0 saturated carbocycles. The molecular formula is C28H28N2O4. The molecule has 6 heteroatoms. The van der Waals surface area contributed by atoms with E-state index in [4.69, 9.17) is 9.47 Å². The van der Waals surface area contributed by atoms with Crippen LogP contribution in [0.25, 0.3) is 11.1 Å². The highest BCUT2D eigenvalue weighted by molar-refractivity contribution is 5.98. The molecule has 0 unspecified atom stereocenters. The first-order chi connectivity index (χ1) is 16.2. The Bertz CT molecular complexity index is 1290. The largest absolute Gasteiger partial charge is 0.481 e. The van der Waals surface area contributed by atoms with E-state index >= 15 is 0 Å². The van der Waals surface area contributed by atoms with E-state index in [1.54, 1.807) is 6.20 Å². The van der Waals surface area contributed by atoms with Gasteiger partial charge in [-0.05, 0) is 55.2 Å². The number of rotatable bonds is 7. The van der Waals surface area contributed by atoms with E-state index in [-0.39, 0.29) is 25.4 Å². The minimum atomic E-state index is -1.13. The minimum Gasteiger partial charge on any atom is -0.481 e. The second-order valence-corrected chi connectivity index (χ2v) is 9.37. The lowest BCUT2D eigenvalue weighted by atomic mass is 9.85. The third-order valence-electron chi connectivity index (χ3n) is 6.39. The van der Waals surface area contributed by atoms with Crippen molar-refractivity contribution in [3.05, 3.63) is 82.5 Å². The van der Waals surface area contributed by atoms with Crippen LogP contribution < -0.4 is 4.74 Å². The van der Waals surface area contributed by atoms with Crippen LogP contribution in [0.15, 0.2) is 54.7 Å². The summed E-state index contributed by atoms with van der Waals surface area (Å²) in [6, 6.07) is 17.4. The normalized spacial score (nSPS) is 14.7. The standard InChI is InChI=1S/C28H28N2O4/c1-18-8-9-20(25(31)11-19-6-5-7-22(10-19)27(2,3)15-29)12-23(18)21-13-24(26(33-4)30-14-21)28(32)16-34-17-28/h5-10,12-14,32H,11,16-17H2,1-4H3. The SMILES string of the molecule is COc1ncc(-c2cc(C(=O)Cc3cccc(C(C)(C)C#N)c3)ccc2C)cc1C1(O)COC1. The van der Waals surface area contributed by atoms with Gasteiger partial charge in [0.1, 0.15) is 5.60 Å². The Morgan fingerprint density at radius 1 is 1.24 bits per heavy atom. The van der Waals surface area contributed by atoms with Crippen LogP contribution in [0.3, 0.4) is 0 Å². The lowest BCUT2D eigenvalue weighted by molar-refractivity contribution is -0.185. The van der Waals surface area contributed by atoms with Gasteiger partial charge in [-0.2, -0.15) is 5.26 Å². The fraction of sp³-hybridized carbons (Fsp3) is 0.321. The van der Waals surface area contributed by atoms with Crippen LogP contribution in [0, 0.1) is 18.3 Å². The number of carbonyl (C=O) groups excluding carboxylic acids is 1. The maximum atomic E-state index is 13.2. The highest BCUT2D eigenvalue weighted by atomic mass is 16.5. The predicted molar refractivity (Wildman–Crippen MR) is 129 cm³/mol. The zero-order valence-corrected chi connectivity index (χ0v) is 19.9. The molecule has 0 bridgehead atoms. The number of nitrogens with zero attached hydrogens (tertiary/aromatic N) is 2. The number of aryl methyl sites for hydroxylation is 1. The van der Waals surface area contributed by atoms with Crippen molar-refractivity contribution >= 4 is 5.78 Å². The topological polar surface area (TPSA) is 92.4 Å². The number of nitriles is 1. The Labute approximate surface area is 199 Å². The maximum absolute atomic E-state index is 13.2. The van der Waals surface area contributed by atoms with Crippen molar-refractivity contribution in [2.24, 2.45) is 0 Å². The monoisotopic (exact) mass is 456 g/mol. The molecule has 1 aliphatic rings. The number of aliphatic hydroxyl groups is 1. The molecule has 1 aromatic heterocycles. The van der Waals surface area contributed by atoms with Crippen LogP contribution in [0.5, 0.6) is 5.88 Å². The molecule has 0 atom stereocenters. The van der Waals surface area contributed by atoms with Crippen LogP contribution in [0.1, 0.15) is 46.5 Å². The number of Topliss-reactive ketones (excluding diaryl/α,β-unsaturated/α-hetero) is 1. The van der Waals surface area contributed by atoms with Crippen molar-refractivity contribution in [1.82, 2.24) is 4.98 Å². The van der Waals surface area contributed by atoms with Crippen LogP contribution in [-0.2, 0) is 22.2 Å². The molecule has 1 aliphatic heterocycles. The number of benzene rings is 2. The Morgan fingerprint density at radius 2 is 2.00 bits per heavy atom. The van der Waals surface area contributed by atoms with Crippen LogP contribution >= 0.6 is 0 Å². The number of methoxy groups -OCH3 is 1. The van der Waals surface area contributed by atoms with E-state index < -0.39 is 11.0 Å². The van der Waals surface area contributed by atoms with Crippen molar-refractivity contribution in [2.75, 3.05) is 20.3 Å². The van der Waals surface area contributed by atoms with E-state index in [0.29, 0.717) is 17.0 Å². The third kappa shape index (κ3) is 4.45. The number of hydrogen-bond acceptors (Lipinski definition) is 6. The number of hydrogen-bond donors (Lipinski definition) is 1. The summed E-state index contributed by atoms with van der Waals surface area (Å²) in [7, 11) is 1.52. The molecule has 2 heterocycles. The summed E-state index contributed by atoms with van der Waals surface area (Å²) in [4.78, 5) is 17.6. The molecule has 4 rings (SSSR count). The molecule has 34 heavy (non-hydrogen) atoms. The van der Waals surface area contributed by atoms with Gasteiger partial charge in [0.15, 0.2) is 5.78 Å². The third-order valence-corrected chi connectivity index (χ3v) is 6.39. The summed E-state index contributed by atoms with van der Waals surface area (Å²) < 4.78 is 10.6. The van der Waals surface area contributed by atoms with Crippen LogP contribution in [0.4, 0.5) is 0 Å². The molecule has 1 fully saturated rings. The number of ketones is 1. The number of pyridine rings is 1. The zero-order valence-electron chi connectivity index (χ0n) is 19.9. The fourth-order valence-electron chi connectivity index (χ4n) is 4.07. The second-order valence-electron chi connectivity index (χ2n) is 9.37. The van der Waals surface area contributed by atoms with Crippen LogP contribution in [0.2, 0.25) is 0 Å². The van der Waals surface area contributed by atoms with Gasteiger partial charge in [0, 0.05) is 23.7 Å². The zero-order chi connectivity index (χ0) is 24.5. The molecule has 1 saturated heterocycles.